The lowest BCUT2D eigenvalue weighted by molar-refractivity contribution is -0.384. The molecule has 0 aliphatic carbocycles. The Balaban J connectivity index is 1.65. The molecule has 3 aromatic rings. The van der Waals surface area contributed by atoms with E-state index in [-0.39, 0.29) is 42.2 Å². The van der Waals surface area contributed by atoms with Gasteiger partial charge in [0.15, 0.2) is 0 Å². The third-order valence-electron chi connectivity index (χ3n) is 6.31. The van der Waals surface area contributed by atoms with Gasteiger partial charge in [-0.15, -0.1) is 11.3 Å². The van der Waals surface area contributed by atoms with Crippen molar-refractivity contribution in [2.75, 3.05) is 33.4 Å². The maximum Gasteiger partial charge on any atom is 0.269 e. The number of nitrogens with zero attached hydrogens (tertiary/aromatic N) is 3. The van der Waals surface area contributed by atoms with Gasteiger partial charge >= 0.3 is 0 Å². The lowest BCUT2D eigenvalue weighted by atomic mass is 9.90. The predicted molar refractivity (Wildman–Crippen MR) is 136 cm³/mol. The van der Waals surface area contributed by atoms with E-state index >= 15 is 0 Å². The number of non-ortho nitro benzene ring substituents is 1. The first kappa shape index (κ1) is 26.0. The molecule has 190 valence electrons. The van der Waals surface area contributed by atoms with Gasteiger partial charge in [0.1, 0.15) is 0 Å². The highest BCUT2D eigenvalue weighted by Crippen LogP contribution is 2.39. The van der Waals surface area contributed by atoms with Crippen LogP contribution in [-0.2, 0) is 26.0 Å². The van der Waals surface area contributed by atoms with Crippen LogP contribution < -0.4 is 0 Å². The van der Waals surface area contributed by atoms with Crippen LogP contribution in [0, 0.1) is 17.0 Å². The maximum atomic E-state index is 13.7. The van der Waals surface area contributed by atoms with Crippen molar-refractivity contribution in [1.29, 1.82) is 0 Å². The Morgan fingerprint density at radius 1 is 1.17 bits per heavy atom. The highest BCUT2D eigenvalue weighted by Gasteiger charge is 2.36. The van der Waals surface area contributed by atoms with Gasteiger partial charge in [-0.1, -0.05) is 24.3 Å². The maximum absolute atomic E-state index is 13.7. The van der Waals surface area contributed by atoms with Crippen LogP contribution >= 0.6 is 11.3 Å². The summed E-state index contributed by atoms with van der Waals surface area (Å²) in [6, 6.07) is 14.3. The number of carbonyl (C=O) groups is 1. The van der Waals surface area contributed by atoms with Crippen LogP contribution in [-0.4, -0.2) is 61.8 Å². The molecule has 36 heavy (non-hydrogen) atoms. The molecule has 0 N–H and O–H groups in total. The number of sulfonamides is 1. The van der Waals surface area contributed by atoms with Gasteiger partial charge in [0.2, 0.25) is 15.9 Å². The number of methoxy groups -OCH3 is 1. The predicted octanol–water partition coefficient (Wildman–Crippen LogP) is 3.78. The summed E-state index contributed by atoms with van der Waals surface area (Å²) < 4.78 is 33.0. The number of ether oxygens (including phenoxy) is 1. The second kappa shape index (κ2) is 10.9. The first-order valence-electron chi connectivity index (χ1n) is 11.4. The van der Waals surface area contributed by atoms with Gasteiger partial charge in [-0.3, -0.25) is 14.9 Å². The first-order valence-corrected chi connectivity index (χ1v) is 13.7. The van der Waals surface area contributed by atoms with Gasteiger partial charge in [0, 0.05) is 37.2 Å². The minimum Gasteiger partial charge on any atom is -0.383 e. The summed E-state index contributed by atoms with van der Waals surface area (Å²) in [7, 11) is -2.65. The highest BCUT2D eigenvalue weighted by molar-refractivity contribution is 7.89. The number of fused-ring (bicyclic) bond motifs is 1. The molecule has 1 aromatic heterocycles. The molecule has 2 aromatic carbocycles. The molecule has 1 atom stereocenters. The van der Waals surface area contributed by atoms with Crippen molar-refractivity contribution < 1.29 is 22.9 Å². The van der Waals surface area contributed by atoms with Gasteiger partial charge in [-0.2, -0.15) is 4.31 Å². The van der Waals surface area contributed by atoms with Gasteiger partial charge in [-0.05, 0) is 53.6 Å². The van der Waals surface area contributed by atoms with Gasteiger partial charge in [-0.25, -0.2) is 8.42 Å². The monoisotopic (exact) mass is 529 g/mol. The molecule has 1 amide bonds. The van der Waals surface area contributed by atoms with Crippen molar-refractivity contribution in [2.24, 2.45) is 0 Å². The van der Waals surface area contributed by atoms with E-state index in [0.29, 0.717) is 13.0 Å². The fourth-order valence-electron chi connectivity index (χ4n) is 4.42. The van der Waals surface area contributed by atoms with Crippen molar-refractivity contribution in [3.63, 3.8) is 0 Å². The van der Waals surface area contributed by atoms with Crippen molar-refractivity contribution in [1.82, 2.24) is 9.21 Å². The lowest BCUT2D eigenvalue weighted by Gasteiger charge is -2.38. The SMILES string of the molecule is COCCN(CC(=O)N1CCc2sccc2C1c1ccccc1C)S(=O)(=O)c1ccc([N+](=O)[O-])cc1. The fraction of sp³-hybridized carbons (Fsp3) is 0.320. The summed E-state index contributed by atoms with van der Waals surface area (Å²) in [5.41, 5.74) is 2.91. The van der Waals surface area contributed by atoms with E-state index < -0.39 is 14.9 Å². The lowest BCUT2D eigenvalue weighted by Crippen LogP contribution is -2.47. The highest BCUT2D eigenvalue weighted by atomic mass is 32.2. The molecular formula is C25H27N3O6S2. The minimum absolute atomic E-state index is 0.0336. The Bertz CT molecular complexity index is 1350. The Morgan fingerprint density at radius 3 is 2.56 bits per heavy atom. The largest absolute Gasteiger partial charge is 0.383 e. The number of carbonyl (C=O) groups excluding carboxylic acids is 1. The summed E-state index contributed by atoms with van der Waals surface area (Å²) in [6.45, 7) is 2.16. The quantitative estimate of drug-likeness (QED) is 0.308. The Morgan fingerprint density at radius 2 is 1.89 bits per heavy atom. The standard InChI is InChI=1S/C25H27N3O6S2/c1-18-5-3-4-6-21(18)25-22-12-16-35-23(22)11-13-27(25)24(29)17-26(14-15-34-2)36(32,33)20-9-7-19(8-10-20)28(30)31/h3-10,12,16,25H,11,13-15,17H2,1-2H3. The number of rotatable bonds is 9. The Labute approximate surface area is 214 Å². The Hall–Kier alpha value is -3.12. The number of benzene rings is 2. The zero-order valence-corrected chi connectivity index (χ0v) is 21.6. The van der Waals surface area contributed by atoms with E-state index in [1.165, 1.54) is 24.1 Å². The first-order chi connectivity index (χ1) is 17.2. The summed E-state index contributed by atoms with van der Waals surface area (Å²) in [6.07, 6.45) is 0.703. The summed E-state index contributed by atoms with van der Waals surface area (Å²) in [5.74, 6) is -0.318. The zero-order chi connectivity index (χ0) is 25.9. The van der Waals surface area contributed by atoms with Crippen molar-refractivity contribution in [3.05, 3.63) is 91.7 Å². The molecule has 2 heterocycles. The number of hydrogen-bond donors (Lipinski definition) is 0. The third kappa shape index (κ3) is 5.19. The van der Waals surface area contributed by atoms with Gasteiger partial charge in [0.05, 0.1) is 29.0 Å². The van der Waals surface area contributed by atoms with Crippen LogP contribution in [0.2, 0.25) is 0 Å². The average molecular weight is 530 g/mol. The molecule has 1 aliphatic rings. The summed E-state index contributed by atoms with van der Waals surface area (Å²) >= 11 is 1.66. The van der Waals surface area contributed by atoms with Crippen LogP contribution in [0.1, 0.15) is 27.6 Å². The summed E-state index contributed by atoms with van der Waals surface area (Å²) in [4.78, 5) is 27.0. The molecule has 1 aliphatic heterocycles. The smallest absolute Gasteiger partial charge is 0.269 e. The normalized spacial score (nSPS) is 15.6. The van der Waals surface area contributed by atoms with E-state index in [0.717, 1.165) is 33.1 Å². The minimum atomic E-state index is -4.10. The second-order valence-electron chi connectivity index (χ2n) is 8.48. The van der Waals surface area contributed by atoms with Crippen molar-refractivity contribution in [2.45, 2.75) is 24.3 Å². The number of nitro benzene ring substituents is 1. The van der Waals surface area contributed by atoms with Crippen molar-refractivity contribution in [3.8, 4) is 0 Å². The summed E-state index contributed by atoms with van der Waals surface area (Å²) in [5, 5.41) is 13.0. The molecule has 0 fully saturated rings. The molecule has 0 saturated carbocycles. The van der Waals surface area contributed by atoms with E-state index in [9.17, 15) is 23.3 Å². The van der Waals surface area contributed by atoms with E-state index in [4.69, 9.17) is 4.74 Å². The molecule has 0 spiro atoms. The molecule has 1 unspecified atom stereocenters. The molecular weight excluding hydrogens is 502 g/mol. The zero-order valence-electron chi connectivity index (χ0n) is 20.0. The van der Waals surface area contributed by atoms with Gasteiger partial charge < -0.3 is 9.64 Å². The number of thiophene rings is 1. The van der Waals surface area contributed by atoms with Crippen LogP contribution in [0.25, 0.3) is 0 Å². The number of aryl methyl sites for hydroxylation is 1. The van der Waals surface area contributed by atoms with E-state index in [2.05, 4.69) is 0 Å². The fourth-order valence-corrected chi connectivity index (χ4v) is 6.70. The van der Waals surface area contributed by atoms with Gasteiger partial charge in [0.25, 0.3) is 5.69 Å². The second-order valence-corrected chi connectivity index (χ2v) is 11.4. The van der Waals surface area contributed by atoms with Crippen LogP contribution in [0.3, 0.4) is 0 Å². The molecule has 0 saturated heterocycles. The number of amides is 1. The van der Waals surface area contributed by atoms with E-state index in [1.54, 1.807) is 16.2 Å². The van der Waals surface area contributed by atoms with E-state index in [1.807, 2.05) is 42.6 Å². The average Bonchev–Trinajstić information content (AvgIpc) is 3.35. The van der Waals surface area contributed by atoms with Crippen LogP contribution in [0.15, 0.2) is 64.9 Å². The topological polar surface area (TPSA) is 110 Å². The molecule has 0 radical (unpaired) electrons. The molecule has 11 heteroatoms. The molecule has 0 bridgehead atoms. The number of nitro groups is 1. The van der Waals surface area contributed by atoms with Crippen LogP contribution in [0.4, 0.5) is 5.69 Å². The molecule has 9 nitrogen and oxygen atoms in total. The van der Waals surface area contributed by atoms with Crippen LogP contribution in [0.5, 0.6) is 0 Å². The Kier molecular flexibility index (Phi) is 7.84. The molecule has 4 rings (SSSR count). The van der Waals surface area contributed by atoms with Crippen molar-refractivity contribution >= 4 is 33.0 Å². The third-order valence-corrected chi connectivity index (χ3v) is 9.17. The number of hydrogen-bond acceptors (Lipinski definition) is 7.